The van der Waals surface area contributed by atoms with Crippen LogP contribution >= 0.6 is 0 Å². The SMILES string of the molecule is COc1ccc([C@@H]2Oc3cc(OC)cc(OC)c3C(=O)[C@@]2(O)CC(=O)O)c(OC)c1. The molecule has 0 unspecified atom stereocenters. The number of methoxy groups -OCH3 is 4. The van der Waals surface area contributed by atoms with Gasteiger partial charge in [-0.2, -0.15) is 0 Å². The molecule has 0 aliphatic carbocycles. The maximum Gasteiger partial charge on any atom is 0.306 e. The number of carboxylic acids is 1. The largest absolute Gasteiger partial charge is 0.497 e. The average Bonchev–Trinajstić information content (AvgIpc) is 2.74. The number of fused-ring (bicyclic) bond motifs is 1. The standard InChI is InChI=1S/C21H22O9/c1-26-11-5-6-13(14(7-11)28-3)20-21(25,10-17(22)23)19(24)18-15(29-4)8-12(27-2)9-16(18)30-20/h5-9,20,25H,10H2,1-4H3,(H,22,23)/t20-,21-/m0/s1. The number of ketones is 1. The third kappa shape index (κ3) is 3.48. The van der Waals surface area contributed by atoms with Crippen molar-refractivity contribution >= 4 is 11.8 Å². The number of aliphatic carboxylic acids is 1. The minimum absolute atomic E-state index is 0.0641. The van der Waals surface area contributed by atoms with E-state index in [-0.39, 0.29) is 28.4 Å². The molecule has 2 atom stereocenters. The number of ether oxygens (including phenoxy) is 5. The highest BCUT2D eigenvalue weighted by Crippen LogP contribution is 2.49. The van der Waals surface area contributed by atoms with Gasteiger partial charge in [-0.25, -0.2) is 0 Å². The zero-order chi connectivity index (χ0) is 22.1. The second-order valence-corrected chi connectivity index (χ2v) is 6.63. The van der Waals surface area contributed by atoms with Gasteiger partial charge in [-0.05, 0) is 12.1 Å². The van der Waals surface area contributed by atoms with Gasteiger partial charge in [-0.1, -0.05) is 0 Å². The van der Waals surface area contributed by atoms with Crippen molar-refractivity contribution in [2.45, 2.75) is 18.1 Å². The number of hydrogen-bond acceptors (Lipinski definition) is 8. The van der Waals surface area contributed by atoms with E-state index in [0.717, 1.165) is 0 Å². The predicted octanol–water partition coefficient (Wildman–Crippen LogP) is 2.24. The molecule has 0 spiro atoms. The number of carbonyl (C=O) groups excluding carboxylic acids is 1. The van der Waals surface area contributed by atoms with Gasteiger partial charge in [0, 0.05) is 23.8 Å². The zero-order valence-corrected chi connectivity index (χ0v) is 16.9. The van der Waals surface area contributed by atoms with Gasteiger partial charge in [0.2, 0.25) is 5.78 Å². The molecule has 2 aromatic carbocycles. The van der Waals surface area contributed by atoms with Crippen LogP contribution in [0.1, 0.15) is 28.4 Å². The summed E-state index contributed by atoms with van der Waals surface area (Å²) in [5.41, 5.74) is -2.20. The summed E-state index contributed by atoms with van der Waals surface area (Å²) in [6.07, 6.45) is -2.26. The van der Waals surface area contributed by atoms with Gasteiger partial charge in [-0.15, -0.1) is 0 Å². The summed E-state index contributed by atoms with van der Waals surface area (Å²) >= 11 is 0. The molecule has 160 valence electrons. The molecule has 0 amide bonds. The molecule has 0 saturated heterocycles. The molecule has 1 heterocycles. The van der Waals surface area contributed by atoms with Gasteiger partial charge < -0.3 is 33.9 Å². The molecule has 2 N–H and O–H groups in total. The quantitative estimate of drug-likeness (QED) is 0.697. The van der Waals surface area contributed by atoms with Crippen molar-refractivity contribution in [3.05, 3.63) is 41.5 Å². The lowest BCUT2D eigenvalue weighted by Crippen LogP contribution is -2.51. The molecule has 9 nitrogen and oxygen atoms in total. The van der Waals surface area contributed by atoms with Crippen LogP contribution in [0.3, 0.4) is 0 Å². The number of aliphatic hydroxyl groups is 1. The predicted molar refractivity (Wildman–Crippen MR) is 104 cm³/mol. The van der Waals surface area contributed by atoms with Crippen molar-refractivity contribution in [1.29, 1.82) is 0 Å². The number of carbonyl (C=O) groups is 2. The highest BCUT2D eigenvalue weighted by Gasteiger charge is 2.54. The van der Waals surface area contributed by atoms with Gasteiger partial charge in [0.15, 0.2) is 11.7 Å². The molecule has 0 aromatic heterocycles. The fourth-order valence-electron chi connectivity index (χ4n) is 3.48. The topological polar surface area (TPSA) is 121 Å². The van der Waals surface area contributed by atoms with E-state index in [1.165, 1.54) is 40.6 Å². The number of benzene rings is 2. The molecule has 0 radical (unpaired) electrons. The molecule has 1 aliphatic heterocycles. The number of Topliss-reactive ketones (excluding diaryl/α,β-unsaturated/α-hetero) is 1. The Morgan fingerprint density at radius 2 is 1.63 bits per heavy atom. The van der Waals surface area contributed by atoms with Gasteiger partial charge in [0.25, 0.3) is 0 Å². The van der Waals surface area contributed by atoms with E-state index in [9.17, 15) is 19.8 Å². The lowest BCUT2D eigenvalue weighted by Gasteiger charge is -2.39. The van der Waals surface area contributed by atoms with Crippen molar-refractivity contribution in [3.63, 3.8) is 0 Å². The summed E-state index contributed by atoms with van der Waals surface area (Å²) in [5, 5.41) is 20.7. The fraction of sp³-hybridized carbons (Fsp3) is 0.333. The molecule has 0 bridgehead atoms. The van der Waals surface area contributed by atoms with E-state index in [1.54, 1.807) is 18.2 Å². The van der Waals surface area contributed by atoms with Crippen molar-refractivity contribution in [3.8, 4) is 28.7 Å². The maximum atomic E-state index is 13.4. The maximum absolute atomic E-state index is 13.4. The smallest absolute Gasteiger partial charge is 0.306 e. The third-order valence-electron chi connectivity index (χ3n) is 4.94. The minimum Gasteiger partial charge on any atom is -0.497 e. The van der Waals surface area contributed by atoms with Crippen molar-refractivity contribution in [2.75, 3.05) is 28.4 Å². The first-order valence-corrected chi connectivity index (χ1v) is 8.92. The molecular weight excluding hydrogens is 396 g/mol. The Bertz CT molecular complexity index is 985. The van der Waals surface area contributed by atoms with Crippen LogP contribution in [0.15, 0.2) is 30.3 Å². The highest BCUT2D eigenvalue weighted by molar-refractivity contribution is 6.09. The van der Waals surface area contributed by atoms with Gasteiger partial charge in [-0.3, -0.25) is 9.59 Å². The van der Waals surface area contributed by atoms with Crippen molar-refractivity contribution in [2.24, 2.45) is 0 Å². The first-order chi connectivity index (χ1) is 14.3. The first kappa shape index (κ1) is 21.3. The number of rotatable bonds is 7. The zero-order valence-electron chi connectivity index (χ0n) is 16.9. The number of hydrogen-bond donors (Lipinski definition) is 2. The highest BCUT2D eigenvalue weighted by atomic mass is 16.5. The second-order valence-electron chi connectivity index (χ2n) is 6.63. The summed E-state index contributed by atoms with van der Waals surface area (Å²) in [6, 6.07) is 7.61. The van der Waals surface area contributed by atoms with E-state index in [2.05, 4.69) is 0 Å². The van der Waals surface area contributed by atoms with E-state index < -0.39 is 29.9 Å². The fourth-order valence-corrected chi connectivity index (χ4v) is 3.48. The van der Waals surface area contributed by atoms with E-state index in [0.29, 0.717) is 11.5 Å². The summed E-state index contributed by atoms with van der Waals surface area (Å²) in [5.74, 6) is -0.927. The normalized spacial score (nSPS) is 20.0. The van der Waals surface area contributed by atoms with Crippen LogP contribution in [0.25, 0.3) is 0 Å². The monoisotopic (exact) mass is 418 g/mol. The minimum atomic E-state index is -2.41. The third-order valence-corrected chi connectivity index (χ3v) is 4.94. The Morgan fingerprint density at radius 3 is 2.20 bits per heavy atom. The van der Waals surface area contributed by atoms with Crippen molar-refractivity contribution in [1.82, 2.24) is 0 Å². The van der Waals surface area contributed by atoms with Gasteiger partial charge in [0.1, 0.15) is 34.3 Å². The Labute approximate surface area is 172 Å². The summed E-state index contributed by atoms with van der Waals surface area (Å²) in [4.78, 5) is 24.9. The van der Waals surface area contributed by atoms with Crippen LogP contribution < -0.4 is 23.7 Å². The first-order valence-electron chi connectivity index (χ1n) is 8.92. The number of carboxylic acid groups (broad SMARTS) is 1. The van der Waals surface area contributed by atoms with Crippen LogP contribution in [0, 0.1) is 0 Å². The average molecular weight is 418 g/mol. The Hall–Kier alpha value is -3.46. The molecular formula is C21H22O9. The molecule has 30 heavy (non-hydrogen) atoms. The van der Waals surface area contributed by atoms with Crippen LogP contribution in [0.5, 0.6) is 28.7 Å². The summed E-state index contributed by atoms with van der Waals surface area (Å²) in [7, 11) is 5.66. The van der Waals surface area contributed by atoms with E-state index >= 15 is 0 Å². The molecule has 9 heteroatoms. The second kappa shape index (κ2) is 8.11. The van der Waals surface area contributed by atoms with E-state index in [4.69, 9.17) is 23.7 Å². The molecule has 2 aromatic rings. The molecule has 1 aliphatic rings. The van der Waals surface area contributed by atoms with Crippen LogP contribution in [-0.2, 0) is 4.79 Å². The van der Waals surface area contributed by atoms with Gasteiger partial charge >= 0.3 is 5.97 Å². The molecule has 3 rings (SSSR count). The Kier molecular flexibility index (Phi) is 5.75. The van der Waals surface area contributed by atoms with Crippen LogP contribution in [0.4, 0.5) is 0 Å². The summed E-state index contributed by atoms with van der Waals surface area (Å²) < 4.78 is 27.0. The Morgan fingerprint density at radius 1 is 1.00 bits per heavy atom. The Balaban J connectivity index is 2.25. The summed E-state index contributed by atoms with van der Waals surface area (Å²) in [6.45, 7) is 0. The molecule has 0 fully saturated rings. The van der Waals surface area contributed by atoms with Crippen LogP contribution in [-0.4, -0.2) is 56.0 Å². The molecule has 0 saturated carbocycles. The van der Waals surface area contributed by atoms with Crippen LogP contribution in [0.2, 0.25) is 0 Å². The van der Waals surface area contributed by atoms with Crippen molar-refractivity contribution < 1.29 is 43.5 Å². The lowest BCUT2D eigenvalue weighted by molar-refractivity contribution is -0.145. The van der Waals surface area contributed by atoms with Gasteiger partial charge in [0.05, 0.1) is 34.9 Å². The lowest BCUT2D eigenvalue weighted by atomic mass is 9.78. The van der Waals surface area contributed by atoms with E-state index in [1.807, 2.05) is 0 Å².